The summed E-state index contributed by atoms with van der Waals surface area (Å²) in [6.45, 7) is 13.0. The van der Waals surface area contributed by atoms with Crippen molar-refractivity contribution in [2.45, 2.75) is 65.3 Å². The van der Waals surface area contributed by atoms with Crippen LogP contribution < -0.4 is 10.9 Å². The average Bonchev–Trinajstić information content (AvgIpc) is 2.65. The van der Waals surface area contributed by atoms with Gasteiger partial charge in [0.25, 0.3) is 0 Å². The SMILES string of the molecule is CC(C)(C)OC(=O)Nc1c(C#N)ccnc1B1OC(C)(C)C(C)(C)O1. The van der Waals surface area contributed by atoms with Gasteiger partial charge in [0, 0.05) is 6.20 Å². The number of amides is 1. The number of carbonyl (C=O) groups is 1. The van der Waals surface area contributed by atoms with E-state index < -0.39 is 30.0 Å². The number of hydrogen-bond acceptors (Lipinski definition) is 6. The van der Waals surface area contributed by atoms with E-state index in [1.807, 2.05) is 33.8 Å². The molecule has 2 rings (SSSR count). The van der Waals surface area contributed by atoms with Crippen molar-refractivity contribution in [3.05, 3.63) is 17.8 Å². The van der Waals surface area contributed by atoms with Crippen LogP contribution in [0.5, 0.6) is 0 Å². The molecular formula is C17H24BN3O4. The summed E-state index contributed by atoms with van der Waals surface area (Å²) in [6.07, 6.45) is 0.814. The number of nitrogens with zero attached hydrogens (tertiary/aromatic N) is 2. The third-order valence-electron chi connectivity index (χ3n) is 4.20. The predicted octanol–water partition coefficient (Wildman–Crippen LogP) is 2.60. The monoisotopic (exact) mass is 345 g/mol. The van der Waals surface area contributed by atoms with E-state index in [1.165, 1.54) is 12.3 Å². The Morgan fingerprint density at radius 1 is 1.28 bits per heavy atom. The molecule has 0 saturated carbocycles. The molecule has 25 heavy (non-hydrogen) atoms. The Morgan fingerprint density at radius 2 is 1.84 bits per heavy atom. The van der Waals surface area contributed by atoms with E-state index in [2.05, 4.69) is 10.3 Å². The molecule has 1 fully saturated rings. The second kappa shape index (κ2) is 6.32. The molecule has 0 bridgehead atoms. The van der Waals surface area contributed by atoms with Crippen LogP contribution in [-0.2, 0) is 14.0 Å². The molecule has 0 atom stereocenters. The first-order chi connectivity index (χ1) is 11.4. The summed E-state index contributed by atoms with van der Waals surface area (Å²) in [5.41, 5.74) is -0.966. The quantitative estimate of drug-likeness (QED) is 0.828. The van der Waals surface area contributed by atoms with Crippen LogP contribution in [0.2, 0.25) is 0 Å². The summed E-state index contributed by atoms with van der Waals surface area (Å²) >= 11 is 0. The highest BCUT2D eigenvalue weighted by Gasteiger charge is 2.53. The first kappa shape index (κ1) is 19.2. The Kier molecular flexibility index (Phi) is 4.86. The summed E-state index contributed by atoms with van der Waals surface area (Å²) in [6, 6.07) is 3.56. The Morgan fingerprint density at radius 3 is 2.32 bits per heavy atom. The maximum absolute atomic E-state index is 12.2. The third kappa shape index (κ3) is 4.11. The lowest BCUT2D eigenvalue weighted by Gasteiger charge is -2.32. The summed E-state index contributed by atoms with van der Waals surface area (Å²) < 4.78 is 17.2. The minimum atomic E-state index is -0.803. The summed E-state index contributed by atoms with van der Waals surface area (Å²) in [7, 11) is -0.803. The van der Waals surface area contributed by atoms with Crippen LogP contribution in [0, 0.1) is 11.3 Å². The molecule has 1 N–H and O–H groups in total. The van der Waals surface area contributed by atoms with E-state index in [0.29, 0.717) is 5.59 Å². The highest BCUT2D eigenvalue weighted by molar-refractivity contribution is 6.63. The lowest BCUT2D eigenvalue weighted by Crippen LogP contribution is -2.41. The number of aromatic nitrogens is 1. The van der Waals surface area contributed by atoms with E-state index in [-0.39, 0.29) is 11.3 Å². The van der Waals surface area contributed by atoms with Crippen LogP contribution in [-0.4, -0.2) is 35.0 Å². The summed E-state index contributed by atoms with van der Waals surface area (Å²) in [5, 5.41) is 12.0. The van der Waals surface area contributed by atoms with Crippen LogP contribution in [0.3, 0.4) is 0 Å². The number of rotatable bonds is 2. The minimum Gasteiger partial charge on any atom is -0.444 e. The number of ether oxygens (including phenoxy) is 1. The van der Waals surface area contributed by atoms with Gasteiger partial charge in [-0.1, -0.05) is 0 Å². The molecule has 0 aromatic carbocycles. The molecular weight excluding hydrogens is 321 g/mol. The molecule has 1 amide bonds. The van der Waals surface area contributed by atoms with Gasteiger partial charge < -0.3 is 14.0 Å². The molecule has 8 heteroatoms. The molecule has 1 aliphatic rings. The smallest absolute Gasteiger partial charge is 0.444 e. The van der Waals surface area contributed by atoms with Crippen molar-refractivity contribution in [3.63, 3.8) is 0 Å². The second-order valence-corrected chi connectivity index (χ2v) is 7.95. The number of nitriles is 1. The van der Waals surface area contributed by atoms with Gasteiger partial charge in [-0.15, -0.1) is 0 Å². The van der Waals surface area contributed by atoms with Crippen LogP contribution in [0.15, 0.2) is 12.3 Å². The van der Waals surface area contributed by atoms with Crippen molar-refractivity contribution < 1.29 is 18.8 Å². The molecule has 1 aromatic heterocycles. The van der Waals surface area contributed by atoms with Gasteiger partial charge in [-0.3, -0.25) is 10.3 Å². The van der Waals surface area contributed by atoms with Crippen molar-refractivity contribution in [1.82, 2.24) is 4.98 Å². The fourth-order valence-corrected chi connectivity index (χ4v) is 2.24. The summed E-state index contributed by atoms with van der Waals surface area (Å²) in [5.74, 6) is 0. The molecule has 0 radical (unpaired) electrons. The van der Waals surface area contributed by atoms with E-state index in [0.717, 1.165) is 0 Å². The average molecular weight is 345 g/mol. The Labute approximate surface area is 148 Å². The van der Waals surface area contributed by atoms with Crippen molar-refractivity contribution in [2.75, 3.05) is 5.32 Å². The topological polar surface area (TPSA) is 93.5 Å². The van der Waals surface area contributed by atoms with Crippen LogP contribution >= 0.6 is 0 Å². The largest absolute Gasteiger partial charge is 0.516 e. The Bertz CT molecular complexity index is 704. The molecule has 0 aliphatic carbocycles. The zero-order valence-corrected chi connectivity index (χ0v) is 15.8. The van der Waals surface area contributed by atoms with Gasteiger partial charge in [-0.25, -0.2) is 4.79 Å². The first-order valence-electron chi connectivity index (χ1n) is 8.11. The number of pyridine rings is 1. The molecule has 1 aromatic rings. The molecule has 134 valence electrons. The van der Waals surface area contributed by atoms with E-state index >= 15 is 0 Å². The van der Waals surface area contributed by atoms with Crippen LogP contribution in [0.25, 0.3) is 0 Å². The second-order valence-electron chi connectivity index (χ2n) is 7.95. The zero-order chi connectivity index (χ0) is 19.0. The van der Waals surface area contributed by atoms with Gasteiger partial charge >= 0.3 is 13.2 Å². The highest BCUT2D eigenvalue weighted by Crippen LogP contribution is 2.37. The Hall–Kier alpha value is -2.11. The highest BCUT2D eigenvalue weighted by atomic mass is 16.7. The van der Waals surface area contributed by atoms with Gasteiger partial charge in [0.1, 0.15) is 11.7 Å². The van der Waals surface area contributed by atoms with Gasteiger partial charge in [0.15, 0.2) is 0 Å². The van der Waals surface area contributed by atoms with Crippen molar-refractivity contribution in [1.29, 1.82) is 5.26 Å². The van der Waals surface area contributed by atoms with Gasteiger partial charge in [-0.2, -0.15) is 5.26 Å². The lowest BCUT2D eigenvalue weighted by atomic mass is 9.82. The van der Waals surface area contributed by atoms with Gasteiger partial charge in [0.2, 0.25) is 0 Å². The maximum atomic E-state index is 12.2. The number of anilines is 1. The first-order valence-corrected chi connectivity index (χ1v) is 8.11. The van der Waals surface area contributed by atoms with E-state index in [9.17, 15) is 10.1 Å². The maximum Gasteiger partial charge on any atom is 0.516 e. The minimum absolute atomic E-state index is 0.234. The molecule has 2 heterocycles. The molecule has 0 spiro atoms. The number of nitrogens with one attached hydrogen (secondary N) is 1. The standard InChI is InChI=1S/C17H24BN3O4/c1-15(2,3)23-14(22)21-12-11(10-19)8-9-20-13(12)18-24-16(4,5)17(6,7)25-18/h8-9H,1-7H3,(H,21,22). The normalized spacial score (nSPS) is 18.6. The fraction of sp³-hybridized carbons (Fsp3) is 0.588. The third-order valence-corrected chi connectivity index (χ3v) is 4.20. The zero-order valence-electron chi connectivity index (χ0n) is 15.8. The summed E-state index contributed by atoms with van der Waals surface area (Å²) in [4.78, 5) is 16.4. The molecule has 0 unspecified atom stereocenters. The van der Waals surface area contributed by atoms with Gasteiger partial charge in [0.05, 0.1) is 28.0 Å². The van der Waals surface area contributed by atoms with E-state index in [4.69, 9.17) is 14.0 Å². The van der Waals surface area contributed by atoms with Crippen molar-refractivity contribution in [2.24, 2.45) is 0 Å². The Balaban J connectivity index is 2.38. The van der Waals surface area contributed by atoms with Crippen molar-refractivity contribution >= 4 is 24.5 Å². The predicted molar refractivity (Wildman–Crippen MR) is 94.5 cm³/mol. The van der Waals surface area contributed by atoms with Gasteiger partial charge in [-0.05, 0) is 54.5 Å². The molecule has 7 nitrogen and oxygen atoms in total. The molecule has 1 aliphatic heterocycles. The lowest BCUT2D eigenvalue weighted by molar-refractivity contribution is 0.00578. The van der Waals surface area contributed by atoms with Crippen molar-refractivity contribution in [3.8, 4) is 6.07 Å². The molecule has 1 saturated heterocycles. The van der Waals surface area contributed by atoms with Crippen LogP contribution in [0.1, 0.15) is 54.0 Å². The van der Waals surface area contributed by atoms with Crippen LogP contribution in [0.4, 0.5) is 10.5 Å². The fourth-order valence-electron chi connectivity index (χ4n) is 2.24. The number of carbonyl (C=O) groups excluding carboxylic acids is 1. The number of hydrogen-bond donors (Lipinski definition) is 1. The van der Waals surface area contributed by atoms with E-state index in [1.54, 1.807) is 20.8 Å².